The topological polar surface area (TPSA) is 80.5 Å². The minimum atomic E-state index is 0.513. The third kappa shape index (κ3) is 2.74. The molecule has 0 radical (unpaired) electrons. The van der Waals surface area contributed by atoms with Crippen LogP contribution in [0.5, 0.6) is 0 Å². The van der Waals surface area contributed by atoms with Gasteiger partial charge in [0.2, 0.25) is 0 Å². The van der Waals surface area contributed by atoms with Crippen LogP contribution in [0, 0.1) is 11.3 Å². The first-order chi connectivity index (χ1) is 10.3. The molecule has 2 N–H and O–H groups in total. The van der Waals surface area contributed by atoms with E-state index in [1.807, 2.05) is 42.5 Å². The summed E-state index contributed by atoms with van der Waals surface area (Å²) in [5.41, 5.74) is 8.89. The van der Waals surface area contributed by atoms with E-state index in [1.54, 1.807) is 17.1 Å². The Kier molecular flexibility index (Phi) is 3.36. The van der Waals surface area contributed by atoms with Crippen molar-refractivity contribution in [2.45, 2.75) is 6.54 Å². The first kappa shape index (κ1) is 12.9. The molecule has 3 aromatic rings. The second-order valence-electron chi connectivity index (χ2n) is 4.66. The van der Waals surface area contributed by atoms with Crippen molar-refractivity contribution in [2.75, 3.05) is 5.73 Å². The fraction of sp³-hybridized carbons (Fsp3) is 0.0625. The van der Waals surface area contributed by atoms with E-state index in [0.29, 0.717) is 23.6 Å². The van der Waals surface area contributed by atoms with Crippen molar-refractivity contribution < 1.29 is 0 Å². The quantitative estimate of drug-likeness (QED) is 0.744. The van der Waals surface area contributed by atoms with Crippen LogP contribution < -0.4 is 5.73 Å². The molecule has 0 aliphatic rings. The number of nitrogens with zero attached hydrogens (tertiary/aromatic N) is 4. The molecule has 3 rings (SSSR count). The Morgan fingerprint density at radius 1 is 1.14 bits per heavy atom. The van der Waals surface area contributed by atoms with E-state index >= 15 is 0 Å². The van der Waals surface area contributed by atoms with E-state index in [2.05, 4.69) is 16.2 Å². The number of rotatable bonds is 3. The molecular formula is C16H13N5. The maximum absolute atomic E-state index is 9.10. The molecular weight excluding hydrogens is 262 g/mol. The highest BCUT2D eigenvalue weighted by atomic mass is 15.3. The smallest absolute Gasteiger partial charge is 0.181 e. The number of hydrogen-bond donors (Lipinski definition) is 1. The van der Waals surface area contributed by atoms with Crippen molar-refractivity contribution >= 4 is 5.69 Å². The first-order valence-electron chi connectivity index (χ1n) is 6.49. The lowest BCUT2D eigenvalue weighted by atomic mass is 10.1. The normalized spacial score (nSPS) is 10.2. The van der Waals surface area contributed by atoms with Gasteiger partial charge in [0.25, 0.3) is 0 Å². The number of nitriles is 1. The predicted molar refractivity (Wildman–Crippen MR) is 80.1 cm³/mol. The van der Waals surface area contributed by atoms with E-state index in [0.717, 1.165) is 11.1 Å². The third-order valence-electron chi connectivity index (χ3n) is 3.15. The highest BCUT2D eigenvalue weighted by molar-refractivity contribution is 5.60. The van der Waals surface area contributed by atoms with E-state index in [9.17, 15) is 0 Å². The summed E-state index contributed by atoms with van der Waals surface area (Å²) >= 11 is 0. The zero-order valence-electron chi connectivity index (χ0n) is 11.3. The molecule has 0 saturated carbocycles. The average Bonchev–Trinajstić information content (AvgIpc) is 2.96. The fourth-order valence-electron chi connectivity index (χ4n) is 2.12. The van der Waals surface area contributed by atoms with Crippen LogP contribution in [0.25, 0.3) is 11.4 Å². The Bertz CT molecular complexity index is 813. The molecule has 5 heteroatoms. The summed E-state index contributed by atoms with van der Waals surface area (Å²) in [7, 11) is 0. The molecule has 5 nitrogen and oxygen atoms in total. The highest BCUT2D eigenvalue weighted by Gasteiger charge is 2.07. The fourth-order valence-corrected chi connectivity index (χ4v) is 2.12. The van der Waals surface area contributed by atoms with Gasteiger partial charge in [0.1, 0.15) is 6.33 Å². The standard InChI is InChI=1S/C16H13N5/c17-9-13-4-1-2-5-14(13)10-21-11-19-16(20-21)12-6-3-7-15(18)8-12/h1-8,11H,10,18H2. The summed E-state index contributed by atoms with van der Waals surface area (Å²) in [6, 6.07) is 17.1. The minimum absolute atomic E-state index is 0.513. The van der Waals surface area contributed by atoms with Gasteiger partial charge in [-0.2, -0.15) is 10.4 Å². The lowest BCUT2D eigenvalue weighted by Gasteiger charge is -2.03. The zero-order valence-corrected chi connectivity index (χ0v) is 11.3. The molecule has 2 aromatic carbocycles. The van der Waals surface area contributed by atoms with Gasteiger partial charge in [0.05, 0.1) is 18.2 Å². The molecule has 0 spiro atoms. The molecule has 0 amide bonds. The number of aromatic nitrogens is 3. The van der Waals surface area contributed by atoms with E-state index in [4.69, 9.17) is 11.0 Å². The number of nitrogen functional groups attached to an aromatic ring is 1. The van der Waals surface area contributed by atoms with E-state index < -0.39 is 0 Å². The van der Waals surface area contributed by atoms with Crippen LogP contribution in [-0.2, 0) is 6.54 Å². The van der Waals surface area contributed by atoms with Crippen LogP contribution in [0.15, 0.2) is 54.9 Å². The molecule has 0 unspecified atom stereocenters. The van der Waals surface area contributed by atoms with Gasteiger partial charge in [0, 0.05) is 11.3 Å². The summed E-state index contributed by atoms with van der Waals surface area (Å²) in [5.74, 6) is 0.622. The van der Waals surface area contributed by atoms with Gasteiger partial charge in [-0.3, -0.25) is 0 Å². The Hall–Kier alpha value is -3.13. The van der Waals surface area contributed by atoms with Crippen molar-refractivity contribution in [3.8, 4) is 17.5 Å². The second-order valence-corrected chi connectivity index (χ2v) is 4.66. The van der Waals surface area contributed by atoms with E-state index in [-0.39, 0.29) is 0 Å². The van der Waals surface area contributed by atoms with Gasteiger partial charge >= 0.3 is 0 Å². The maximum Gasteiger partial charge on any atom is 0.181 e. The lowest BCUT2D eigenvalue weighted by molar-refractivity contribution is 0.685. The molecule has 102 valence electrons. The van der Waals surface area contributed by atoms with Crippen LogP contribution in [0.2, 0.25) is 0 Å². The van der Waals surface area contributed by atoms with Gasteiger partial charge in [-0.05, 0) is 23.8 Å². The summed E-state index contributed by atoms with van der Waals surface area (Å²) in [5, 5.41) is 13.5. The maximum atomic E-state index is 9.10. The number of benzene rings is 2. The van der Waals surface area contributed by atoms with Crippen molar-refractivity contribution in [3.05, 3.63) is 66.0 Å². The molecule has 1 heterocycles. The first-order valence-corrected chi connectivity index (χ1v) is 6.49. The monoisotopic (exact) mass is 275 g/mol. The Morgan fingerprint density at radius 3 is 2.81 bits per heavy atom. The zero-order chi connectivity index (χ0) is 14.7. The third-order valence-corrected chi connectivity index (χ3v) is 3.15. The van der Waals surface area contributed by atoms with Crippen LogP contribution in [-0.4, -0.2) is 14.8 Å². The van der Waals surface area contributed by atoms with Crippen molar-refractivity contribution in [2.24, 2.45) is 0 Å². The summed E-state index contributed by atoms with van der Waals surface area (Å²) in [6.45, 7) is 0.513. The molecule has 0 aliphatic carbocycles. The van der Waals surface area contributed by atoms with Gasteiger partial charge in [-0.25, -0.2) is 9.67 Å². The summed E-state index contributed by atoms with van der Waals surface area (Å²) in [6.07, 6.45) is 1.66. The Labute approximate surface area is 122 Å². The highest BCUT2D eigenvalue weighted by Crippen LogP contribution is 2.17. The van der Waals surface area contributed by atoms with Crippen molar-refractivity contribution in [1.29, 1.82) is 5.26 Å². The van der Waals surface area contributed by atoms with Gasteiger partial charge in [-0.15, -0.1) is 0 Å². The lowest BCUT2D eigenvalue weighted by Crippen LogP contribution is -2.02. The van der Waals surface area contributed by atoms with Crippen LogP contribution in [0.1, 0.15) is 11.1 Å². The largest absolute Gasteiger partial charge is 0.399 e. The summed E-state index contributed by atoms with van der Waals surface area (Å²) in [4.78, 5) is 4.29. The van der Waals surface area contributed by atoms with Crippen LogP contribution in [0.4, 0.5) is 5.69 Å². The minimum Gasteiger partial charge on any atom is -0.399 e. The molecule has 21 heavy (non-hydrogen) atoms. The van der Waals surface area contributed by atoms with Crippen molar-refractivity contribution in [1.82, 2.24) is 14.8 Å². The SMILES string of the molecule is N#Cc1ccccc1Cn1cnc(-c2cccc(N)c2)n1. The predicted octanol–water partition coefficient (Wildman–Crippen LogP) is 2.45. The van der Waals surface area contributed by atoms with E-state index in [1.165, 1.54) is 0 Å². The molecule has 0 fully saturated rings. The molecule has 1 aromatic heterocycles. The number of nitrogens with two attached hydrogens (primary N) is 1. The molecule has 0 atom stereocenters. The van der Waals surface area contributed by atoms with Gasteiger partial charge < -0.3 is 5.73 Å². The molecule has 0 bridgehead atoms. The van der Waals surface area contributed by atoms with Crippen molar-refractivity contribution in [3.63, 3.8) is 0 Å². The van der Waals surface area contributed by atoms with Gasteiger partial charge in [0.15, 0.2) is 5.82 Å². The summed E-state index contributed by atoms with van der Waals surface area (Å²) < 4.78 is 1.72. The van der Waals surface area contributed by atoms with Crippen LogP contribution >= 0.6 is 0 Å². The molecule has 0 saturated heterocycles. The Morgan fingerprint density at radius 2 is 2.00 bits per heavy atom. The Balaban J connectivity index is 1.88. The molecule has 0 aliphatic heterocycles. The average molecular weight is 275 g/mol. The second kappa shape index (κ2) is 5.47. The van der Waals surface area contributed by atoms with Crippen LogP contribution in [0.3, 0.4) is 0 Å². The number of anilines is 1. The van der Waals surface area contributed by atoms with Gasteiger partial charge in [-0.1, -0.05) is 30.3 Å². The number of hydrogen-bond acceptors (Lipinski definition) is 4.